The predicted octanol–water partition coefficient (Wildman–Crippen LogP) is 11.0. The Labute approximate surface area is 398 Å². The molecule has 4 N–H and O–H groups in total. The number of alkyl halides is 3. The maximum absolute atomic E-state index is 13.4. The molecule has 0 fully saturated rings. The Morgan fingerprint density at radius 3 is 1.46 bits per heavy atom. The molecule has 0 saturated carbocycles. The van der Waals surface area contributed by atoms with E-state index in [1.165, 1.54) is 54.6 Å². The minimum Gasteiger partial charge on any atom is -0.476 e. The Balaban J connectivity index is 1.27. The lowest BCUT2D eigenvalue weighted by Crippen LogP contribution is -2.32. The van der Waals surface area contributed by atoms with Crippen molar-refractivity contribution in [2.45, 2.75) is 38.8 Å². The van der Waals surface area contributed by atoms with E-state index in [4.69, 9.17) is 62.7 Å². The van der Waals surface area contributed by atoms with Crippen LogP contribution in [-0.4, -0.2) is 65.1 Å². The number of ether oxygens (including phenoxy) is 1. The molecule has 2 unspecified atom stereocenters. The molecule has 4 amide bonds. The number of ketones is 2. The second-order valence-electron chi connectivity index (χ2n) is 13.9. The zero-order chi connectivity index (χ0) is 47.0. The molecule has 0 aliphatic heterocycles. The van der Waals surface area contributed by atoms with Gasteiger partial charge in [0.2, 0.25) is 12.1 Å². The van der Waals surface area contributed by atoms with Gasteiger partial charge in [-0.2, -0.15) is 20.5 Å². The third-order valence-corrected chi connectivity index (χ3v) is 10.2. The number of anilines is 4. The number of halogens is 5. The number of nitrogens with one attached hydrogen (secondary N) is 4. The van der Waals surface area contributed by atoms with Crippen LogP contribution in [0.25, 0.3) is 0 Å². The molecule has 5 rings (SSSR count). The van der Waals surface area contributed by atoms with Crippen molar-refractivity contribution in [1.29, 1.82) is 0 Å². The van der Waals surface area contributed by atoms with Gasteiger partial charge in [0.25, 0.3) is 23.6 Å². The summed E-state index contributed by atoms with van der Waals surface area (Å²) < 4.78 is 5.49. The van der Waals surface area contributed by atoms with Gasteiger partial charge in [0.1, 0.15) is 17.1 Å². The number of benzene rings is 5. The van der Waals surface area contributed by atoms with Crippen LogP contribution in [0, 0.1) is 0 Å². The molecule has 20 heteroatoms. The molecule has 0 saturated heterocycles. The highest BCUT2D eigenvalue weighted by molar-refractivity contribution is 6.33. The lowest BCUT2D eigenvalue weighted by molar-refractivity contribution is -0.127. The van der Waals surface area contributed by atoms with E-state index >= 15 is 0 Å². The normalized spacial score (nSPS) is 12.0. The summed E-state index contributed by atoms with van der Waals surface area (Å²) in [7, 11) is 0. The van der Waals surface area contributed by atoms with Gasteiger partial charge < -0.3 is 26.0 Å². The maximum Gasteiger partial charge on any atom is 0.258 e. The summed E-state index contributed by atoms with van der Waals surface area (Å²) in [5, 5.41) is 26.9. The highest BCUT2D eigenvalue weighted by Crippen LogP contribution is 2.32. The number of carbonyl (C=O) groups excluding carboxylic acids is 6. The number of carbonyl (C=O) groups is 6. The van der Waals surface area contributed by atoms with Gasteiger partial charge in [-0.1, -0.05) is 59.1 Å². The van der Waals surface area contributed by atoms with E-state index < -0.39 is 47.3 Å². The second kappa shape index (κ2) is 24.2. The highest BCUT2D eigenvalue weighted by Gasteiger charge is 2.27. The van der Waals surface area contributed by atoms with Crippen LogP contribution in [0.3, 0.4) is 0 Å². The fraction of sp³-hybridized carbons (Fsp3) is 0.200. The first-order valence-electron chi connectivity index (χ1n) is 19.5. The van der Waals surface area contributed by atoms with E-state index in [1.54, 1.807) is 36.4 Å². The van der Waals surface area contributed by atoms with Crippen LogP contribution in [-0.2, 0) is 32.0 Å². The molecule has 5 aromatic rings. The quantitative estimate of drug-likeness (QED) is 0.0336. The Morgan fingerprint density at radius 2 is 1.02 bits per heavy atom. The first-order valence-corrected chi connectivity index (χ1v) is 21.8. The molecule has 0 bridgehead atoms. The Hall–Kier alpha value is -6.23. The van der Waals surface area contributed by atoms with E-state index in [-0.39, 0.29) is 55.7 Å². The number of azo groups is 2. The van der Waals surface area contributed by atoms with E-state index in [1.807, 2.05) is 12.1 Å². The van der Waals surface area contributed by atoms with Crippen LogP contribution in [0.2, 0.25) is 10.0 Å². The first kappa shape index (κ1) is 49.8. The lowest BCUT2D eigenvalue weighted by Gasteiger charge is -2.15. The lowest BCUT2D eigenvalue weighted by atomic mass is 10.1. The fourth-order valence-electron chi connectivity index (χ4n) is 5.86. The van der Waals surface area contributed by atoms with Crippen molar-refractivity contribution >= 4 is 127 Å². The molecule has 336 valence electrons. The molecule has 2 atom stereocenters. The van der Waals surface area contributed by atoms with Crippen molar-refractivity contribution in [2.24, 2.45) is 20.5 Å². The number of hydrogen-bond acceptors (Lipinski definition) is 11. The van der Waals surface area contributed by atoms with Crippen molar-refractivity contribution in [3.63, 3.8) is 0 Å². The molecule has 0 aliphatic carbocycles. The smallest absolute Gasteiger partial charge is 0.258 e. The Morgan fingerprint density at radius 1 is 0.554 bits per heavy atom. The third-order valence-electron chi connectivity index (χ3n) is 9.10. The molecular formula is C45H39Cl5N8O7. The zero-order valence-corrected chi connectivity index (χ0v) is 38.3. The van der Waals surface area contributed by atoms with Crippen LogP contribution in [0.1, 0.15) is 45.7 Å². The van der Waals surface area contributed by atoms with Crippen LogP contribution in [0.4, 0.5) is 34.1 Å². The summed E-state index contributed by atoms with van der Waals surface area (Å²) in [5.74, 6) is -3.26. The van der Waals surface area contributed by atoms with E-state index in [0.717, 1.165) is 25.0 Å². The van der Waals surface area contributed by atoms with E-state index in [9.17, 15) is 28.8 Å². The average Bonchev–Trinajstić information content (AvgIpc) is 3.26. The molecule has 0 aliphatic rings. The molecular weight excluding hydrogens is 942 g/mol. The molecule has 65 heavy (non-hydrogen) atoms. The van der Waals surface area contributed by atoms with E-state index in [0.29, 0.717) is 36.0 Å². The average molecular weight is 981 g/mol. The standard InChI is InChI=1S/C45H39Cl5N8O7/c1-25(59)40(57-55-37-21-29(9-12-34(37)49)42(61)51-31-7-3-5-27(19-31)15-17-46)44(63)53-33-11-14-36(39(23-33)65-24-48)54-45(64)41(26(2)60)58-56-38-22-30(10-13-35(38)50)43(62)52-32-8-4-6-28(20-32)16-18-47/h3-14,19-23,40-41H,15-18,24H2,1-2H3,(H,51,61)(H,52,62)(H,53,63)(H,54,64). The van der Waals surface area contributed by atoms with Crippen LogP contribution < -0.4 is 26.0 Å². The summed E-state index contributed by atoms with van der Waals surface area (Å²) >= 11 is 30.2. The largest absolute Gasteiger partial charge is 0.476 e. The number of nitrogens with zero attached hydrogens (tertiary/aromatic N) is 4. The molecule has 0 aromatic heterocycles. The maximum atomic E-state index is 13.4. The molecule has 0 spiro atoms. The summed E-state index contributed by atoms with van der Waals surface area (Å²) in [6.07, 6.45) is 1.24. The van der Waals surface area contributed by atoms with Crippen LogP contribution in [0.15, 0.2) is 124 Å². The Bertz CT molecular complexity index is 2660. The van der Waals surface area contributed by atoms with Crippen molar-refractivity contribution in [3.05, 3.63) is 135 Å². The van der Waals surface area contributed by atoms with E-state index in [2.05, 4.69) is 41.7 Å². The SMILES string of the molecule is CC(=O)C(N=Nc1cc(C(=O)Nc2cccc(CCCl)c2)ccc1Cl)C(=O)Nc1ccc(NC(=O)C(N=Nc2cc(C(=O)Nc3cccc(CCCl)c3)ccc2Cl)C(C)=O)c(OCCl)c1. The summed E-state index contributed by atoms with van der Waals surface area (Å²) in [5.41, 5.74) is 3.53. The first-order chi connectivity index (χ1) is 31.2. The number of hydrogen-bond donors (Lipinski definition) is 4. The van der Waals surface area contributed by atoms with Gasteiger partial charge in [-0.15, -0.1) is 23.2 Å². The number of Topliss-reactive ketones (excluding diaryl/α,β-unsaturated/α-hetero) is 2. The molecule has 0 heterocycles. The topological polar surface area (TPSA) is 209 Å². The van der Waals surface area contributed by atoms with Gasteiger partial charge in [0, 0.05) is 46.0 Å². The molecule has 5 aromatic carbocycles. The van der Waals surface area contributed by atoms with Gasteiger partial charge in [-0.25, -0.2) is 0 Å². The molecule has 15 nitrogen and oxygen atoms in total. The van der Waals surface area contributed by atoms with Crippen LogP contribution >= 0.6 is 58.0 Å². The summed E-state index contributed by atoms with van der Waals surface area (Å²) in [6, 6.07) is 23.3. The number of amides is 4. The minimum absolute atomic E-state index is 0.0177. The highest BCUT2D eigenvalue weighted by atomic mass is 35.5. The van der Waals surface area contributed by atoms with Crippen molar-refractivity contribution < 1.29 is 33.5 Å². The van der Waals surface area contributed by atoms with Gasteiger partial charge in [0.15, 0.2) is 17.6 Å². The van der Waals surface area contributed by atoms with Crippen molar-refractivity contribution in [1.82, 2.24) is 0 Å². The minimum atomic E-state index is -1.67. The number of rotatable bonds is 20. The summed E-state index contributed by atoms with van der Waals surface area (Å²) in [6.45, 7) is 2.28. The van der Waals surface area contributed by atoms with Crippen molar-refractivity contribution in [3.8, 4) is 5.75 Å². The zero-order valence-electron chi connectivity index (χ0n) is 34.5. The van der Waals surface area contributed by atoms with Gasteiger partial charge in [-0.05, 0) is 111 Å². The van der Waals surface area contributed by atoms with Gasteiger partial charge in [0.05, 0.1) is 15.7 Å². The fourth-order valence-corrected chi connectivity index (χ4v) is 6.73. The molecule has 0 radical (unpaired) electrons. The predicted molar refractivity (Wildman–Crippen MR) is 254 cm³/mol. The Kier molecular flexibility index (Phi) is 18.5. The van der Waals surface area contributed by atoms with Gasteiger partial charge in [-0.3, -0.25) is 28.8 Å². The third kappa shape index (κ3) is 14.4. The van der Waals surface area contributed by atoms with Crippen molar-refractivity contribution in [2.75, 3.05) is 39.1 Å². The second-order valence-corrected chi connectivity index (χ2v) is 15.7. The summed E-state index contributed by atoms with van der Waals surface area (Å²) in [4.78, 5) is 78.2. The number of aryl methyl sites for hydroxylation is 2. The monoisotopic (exact) mass is 978 g/mol. The van der Waals surface area contributed by atoms with Gasteiger partial charge >= 0.3 is 0 Å². The van der Waals surface area contributed by atoms with Crippen LogP contribution in [0.5, 0.6) is 5.75 Å².